The number of hydrogen-bond donors (Lipinski definition) is 2. The molecule has 6 nitrogen and oxygen atoms in total. The van der Waals surface area contributed by atoms with E-state index in [1.807, 2.05) is 55.5 Å². The highest BCUT2D eigenvalue weighted by Crippen LogP contribution is 2.28. The molecular weight excluding hydrogens is 460 g/mol. The van der Waals surface area contributed by atoms with E-state index in [1.165, 1.54) is 12.1 Å². The second-order valence-corrected chi connectivity index (χ2v) is 8.65. The van der Waals surface area contributed by atoms with E-state index in [0.717, 1.165) is 28.1 Å². The number of carbonyl (C=O) groups is 1. The molecule has 2 N–H and O–H groups in total. The maximum atomic E-state index is 14.0. The summed E-state index contributed by atoms with van der Waals surface area (Å²) < 4.78 is 27.9. The van der Waals surface area contributed by atoms with Gasteiger partial charge in [-0.15, -0.1) is 0 Å². The first-order valence-electron chi connectivity index (χ1n) is 11.5. The van der Waals surface area contributed by atoms with Gasteiger partial charge in [0, 0.05) is 29.4 Å². The van der Waals surface area contributed by atoms with Crippen LogP contribution in [-0.4, -0.2) is 26.1 Å². The molecule has 0 aliphatic carbocycles. The van der Waals surface area contributed by atoms with E-state index < -0.39 is 17.7 Å². The number of nitrogens with zero attached hydrogens (tertiary/aromatic N) is 3. The van der Waals surface area contributed by atoms with Crippen molar-refractivity contribution in [2.45, 2.75) is 25.8 Å². The van der Waals surface area contributed by atoms with Crippen molar-refractivity contribution in [3.8, 4) is 11.3 Å². The highest BCUT2D eigenvalue weighted by Gasteiger charge is 2.23. The average molecular weight is 484 g/mol. The molecule has 0 radical (unpaired) electrons. The van der Waals surface area contributed by atoms with Crippen LogP contribution < -0.4 is 5.32 Å². The Kier molecular flexibility index (Phi) is 6.49. The van der Waals surface area contributed by atoms with Gasteiger partial charge in [0.15, 0.2) is 0 Å². The van der Waals surface area contributed by atoms with Crippen molar-refractivity contribution < 1.29 is 13.6 Å². The van der Waals surface area contributed by atoms with Crippen LogP contribution in [0.2, 0.25) is 0 Å². The van der Waals surface area contributed by atoms with E-state index in [4.69, 9.17) is 0 Å². The number of rotatable bonds is 7. The summed E-state index contributed by atoms with van der Waals surface area (Å²) in [5.41, 5.74) is 4.85. The van der Waals surface area contributed by atoms with Gasteiger partial charge in [-0.25, -0.2) is 8.78 Å². The highest BCUT2D eigenvalue weighted by atomic mass is 19.1. The zero-order valence-corrected chi connectivity index (χ0v) is 19.5. The zero-order chi connectivity index (χ0) is 25.1. The van der Waals surface area contributed by atoms with Crippen molar-refractivity contribution in [2.75, 3.05) is 0 Å². The van der Waals surface area contributed by atoms with Crippen LogP contribution >= 0.6 is 0 Å². The number of halogens is 2. The lowest BCUT2D eigenvalue weighted by Crippen LogP contribution is -2.32. The fraction of sp³-hybridized carbons (Fsp3) is 0.143. The maximum Gasteiger partial charge on any atom is 0.226 e. The molecule has 5 aromatic rings. The van der Waals surface area contributed by atoms with Crippen molar-refractivity contribution in [1.29, 1.82) is 0 Å². The summed E-state index contributed by atoms with van der Waals surface area (Å²) >= 11 is 0. The molecule has 0 aliphatic heterocycles. The molecule has 2 aromatic heterocycles. The van der Waals surface area contributed by atoms with Crippen LogP contribution in [0.1, 0.15) is 28.6 Å². The van der Waals surface area contributed by atoms with Gasteiger partial charge in [0.05, 0.1) is 35.1 Å². The van der Waals surface area contributed by atoms with E-state index >= 15 is 0 Å². The summed E-state index contributed by atoms with van der Waals surface area (Å²) in [6, 6.07) is 18.0. The van der Waals surface area contributed by atoms with Crippen LogP contribution in [-0.2, 0) is 17.6 Å². The number of benzene rings is 3. The molecule has 180 valence electrons. The number of amides is 1. The average Bonchev–Trinajstić information content (AvgIpc) is 3.26. The Morgan fingerprint density at radius 1 is 0.972 bits per heavy atom. The molecule has 0 saturated heterocycles. The smallest absolute Gasteiger partial charge is 0.226 e. The Balaban J connectivity index is 1.49. The van der Waals surface area contributed by atoms with E-state index in [0.29, 0.717) is 22.6 Å². The standard InChI is InChI=1S/C28H23F2N5O/c1-17-6-8-19(9-7-17)27-28(32-11-10-31-27)25(14-18-12-20(29)15-21(30)13-18)33-26(36)16-24-22-4-2-3-5-23(22)34-35-24/h2-13,15,25H,14,16H2,1H3,(H,33,36)(H,34,35). The van der Waals surface area contributed by atoms with Crippen LogP contribution in [0, 0.1) is 18.6 Å². The molecule has 0 aliphatic rings. The third-order valence-corrected chi connectivity index (χ3v) is 5.96. The van der Waals surface area contributed by atoms with E-state index in [2.05, 4.69) is 25.5 Å². The molecule has 0 bridgehead atoms. The fourth-order valence-corrected chi connectivity index (χ4v) is 4.27. The normalized spacial score (nSPS) is 12.0. The summed E-state index contributed by atoms with van der Waals surface area (Å²) in [6.07, 6.45) is 3.27. The van der Waals surface area contributed by atoms with Crippen LogP contribution in [0.15, 0.2) is 79.1 Å². The summed E-state index contributed by atoms with van der Waals surface area (Å²) in [7, 11) is 0. The molecule has 2 heterocycles. The van der Waals surface area contributed by atoms with Crippen LogP contribution in [0.3, 0.4) is 0 Å². The molecule has 1 amide bonds. The Morgan fingerprint density at radius 3 is 2.47 bits per heavy atom. The maximum absolute atomic E-state index is 14.0. The van der Waals surface area contributed by atoms with Gasteiger partial charge in [-0.05, 0) is 37.1 Å². The second kappa shape index (κ2) is 10.0. The summed E-state index contributed by atoms with van der Waals surface area (Å²) in [5.74, 6) is -1.67. The molecular formula is C28H23F2N5O. The van der Waals surface area contributed by atoms with E-state index in [1.54, 1.807) is 12.4 Å². The van der Waals surface area contributed by atoms with Crippen LogP contribution in [0.5, 0.6) is 0 Å². The van der Waals surface area contributed by atoms with Gasteiger partial charge in [-0.3, -0.25) is 19.9 Å². The highest BCUT2D eigenvalue weighted by molar-refractivity contribution is 5.87. The van der Waals surface area contributed by atoms with Crippen LogP contribution in [0.25, 0.3) is 22.2 Å². The fourth-order valence-electron chi connectivity index (χ4n) is 4.27. The molecule has 0 spiro atoms. The number of hydrogen-bond acceptors (Lipinski definition) is 4. The lowest BCUT2D eigenvalue weighted by Gasteiger charge is -2.21. The quantitative estimate of drug-likeness (QED) is 0.331. The first-order valence-corrected chi connectivity index (χ1v) is 11.5. The third kappa shape index (κ3) is 5.12. The van der Waals surface area contributed by atoms with Crippen molar-refractivity contribution in [3.05, 3.63) is 113 Å². The van der Waals surface area contributed by atoms with Crippen LogP contribution in [0.4, 0.5) is 8.78 Å². The number of aromatic nitrogens is 4. The Hall–Kier alpha value is -4.46. The molecule has 8 heteroatoms. The van der Waals surface area contributed by atoms with Crippen molar-refractivity contribution in [1.82, 2.24) is 25.5 Å². The number of aromatic amines is 1. The minimum Gasteiger partial charge on any atom is -0.347 e. The lowest BCUT2D eigenvalue weighted by molar-refractivity contribution is -0.121. The third-order valence-electron chi connectivity index (χ3n) is 5.96. The number of aryl methyl sites for hydroxylation is 1. The lowest BCUT2D eigenvalue weighted by atomic mass is 9.98. The molecule has 0 fully saturated rings. The molecule has 5 rings (SSSR count). The first-order chi connectivity index (χ1) is 17.5. The van der Waals surface area contributed by atoms with Gasteiger partial charge in [0.1, 0.15) is 11.6 Å². The SMILES string of the molecule is Cc1ccc(-c2nccnc2C(Cc2cc(F)cc(F)c2)NC(=O)Cc2n[nH]c3ccccc23)cc1. The second-order valence-electron chi connectivity index (χ2n) is 8.65. The monoisotopic (exact) mass is 483 g/mol. The Morgan fingerprint density at radius 2 is 1.69 bits per heavy atom. The summed E-state index contributed by atoms with van der Waals surface area (Å²) in [6.45, 7) is 1.99. The van der Waals surface area contributed by atoms with Crippen molar-refractivity contribution in [3.63, 3.8) is 0 Å². The molecule has 36 heavy (non-hydrogen) atoms. The van der Waals surface area contributed by atoms with Gasteiger partial charge < -0.3 is 5.32 Å². The molecule has 1 unspecified atom stereocenters. The van der Waals surface area contributed by atoms with Gasteiger partial charge in [0.2, 0.25) is 5.91 Å². The van der Waals surface area contributed by atoms with Gasteiger partial charge in [-0.1, -0.05) is 48.0 Å². The topological polar surface area (TPSA) is 83.6 Å². The number of fused-ring (bicyclic) bond motifs is 1. The zero-order valence-electron chi connectivity index (χ0n) is 19.5. The number of H-pyrrole nitrogens is 1. The van der Waals surface area contributed by atoms with Gasteiger partial charge in [-0.2, -0.15) is 5.10 Å². The van der Waals surface area contributed by atoms with E-state index in [-0.39, 0.29) is 18.7 Å². The summed E-state index contributed by atoms with van der Waals surface area (Å²) in [4.78, 5) is 22.2. The molecule has 3 aromatic carbocycles. The van der Waals surface area contributed by atoms with Gasteiger partial charge >= 0.3 is 0 Å². The predicted octanol–water partition coefficient (Wildman–Crippen LogP) is 5.25. The first kappa shape index (κ1) is 23.3. The minimum absolute atomic E-state index is 0.0259. The predicted molar refractivity (Wildman–Crippen MR) is 133 cm³/mol. The Labute approximate surface area is 206 Å². The number of nitrogens with one attached hydrogen (secondary N) is 2. The minimum atomic E-state index is -0.686. The van der Waals surface area contributed by atoms with Gasteiger partial charge in [0.25, 0.3) is 0 Å². The van der Waals surface area contributed by atoms with Crippen molar-refractivity contribution >= 4 is 16.8 Å². The van der Waals surface area contributed by atoms with E-state index in [9.17, 15) is 13.6 Å². The molecule has 0 saturated carbocycles. The summed E-state index contributed by atoms with van der Waals surface area (Å²) in [5, 5.41) is 11.1. The largest absolute Gasteiger partial charge is 0.347 e. The number of carbonyl (C=O) groups excluding carboxylic acids is 1. The molecule has 1 atom stereocenters. The Bertz CT molecular complexity index is 1510. The number of para-hydroxylation sites is 1. The van der Waals surface area contributed by atoms with Crippen molar-refractivity contribution in [2.24, 2.45) is 0 Å².